The van der Waals surface area contributed by atoms with Crippen LogP contribution in [-0.4, -0.2) is 41.0 Å². The fourth-order valence-corrected chi connectivity index (χ4v) is 5.22. The first-order chi connectivity index (χ1) is 16.2. The third-order valence-corrected chi connectivity index (χ3v) is 6.94. The van der Waals surface area contributed by atoms with Crippen LogP contribution in [0.3, 0.4) is 0 Å². The molecule has 0 spiro atoms. The SMILES string of the molecule is CN=C(NCc1coc(-c2ccc(C)cc2)n1)NC1CC2CCC(C1)N2Cc1ccccc1.I. The number of hydrogen-bond acceptors (Lipinski definition) is 4. The van der Waals surface area contributed by atoms with Crippen LogP contribution >= 0.6 is 24.0 Å². The van der Waals surface area contributed by atoms with E-state index >= 15 is 0 Å². The predicted octanol–water partition coefficient (Wildman–Crippen LogP) is 5.13. The number of nitrogens with zero attached hydrogens (tertiary/aromatic N) is 3. The number of aliphatic imine (C=N–C) groups is 1. The van der Waals surface area contributed by atoms with Crippen molar-refractivity contribution in [2.24, 2.45) is 4.99 Å². The van der Waals surface area contributed by atoms with E-state index in [0.717, 1.165) is 36.6 Å². The number of fused-ring (bicyclic) bond motifs is 2. The molecule has 2 atom stereocenters. The topological polar surface area (TPSA) is 65.7 Å². The average molecular weight is 572 g/mol. The van der Waals surface area contributed by atoms with Gasteiger partial charge in [-0.15, -0.1) is 24.0 Å². The van der Waals surface area contributed by atoms with Crippen LogP contribution in [0.5, 0.6) is 0 Å². The second kappa shape index (κ2) is 11.4. The van der Waals surface area contributed by atoms with Crippen LogP contribution in [0.1, 0.15) is 42.5 Å². The van der Waals surface area contributed by atoms with Gasteiger partial charge >= 0.3 is 0 Å². The van der Waals surface area contributed by atoms with Crippen molar-refractivity contribution < 1.29 is 4.42 Å². The lowest BCUT2D eigenvalue weighted by Crippen LogP contribution is -2.52. The summed E-state index contributed by atoms with van der Waals surface area (Å²) in [5.41, 5.74) is 4.50. The summed E-state index contributed by atoms with van der Waals surface area (Å²) in [5, 5.41) is 7.07. The quantitative estimate of drug-likeness (QED) is 0.244. The van der Waals surface area contributed by atoms with Crippen LogP contribution in [0.2, 0.25) is 0 Å². The molecule has 2 saturated heterocycles. The van der Waals surface area contributed by atoms with Crippen LogP contribution < -0.4 is 10.6 Å². The van der Waals surface area contributed by atoms with Gasteiger partial charge in [-0.1, -0.05) is 48.0 Å². The molecular formula is C27H34IN5O. The van der Waals surface area contributed by atoms with Gasteiger partial charge in [0.15, 0.2) is 5.96 Å². The summed E-state index contributed by atoms with van der Waals surface area (Å²) < 4.78 is 5.69. The average Bonchev–Trinajstić information content (AvgIpc) is 3.39. The van der Waals surface area contributed by atoms with Crippen molar-refractivity contribution in [1.82, 2.24) is 20.5 Å². The molecule has 2 fully saturated rings. The molecule has 0 saturated carbocycles. The Balaban J connectivity index is 0.00000274. The van der Waals surface area contributed by atoms with Crippen molar-refractivity contribution >= 4 is 29.9 Å². The van der Waals surface area contributed by atoms with E-state index < -0.39 is 0 Å². The number of aromatic nitrogens is 1. The van der Waals surface area contributed by atoms with E-state index in [1.54, 1.807) is 6.26 Å². The van der Waals surface area contributed by atoms with Gasteiger partial charge in [-0.05, 0) is 50.3 Å². The number of halogens is 1. The molecule has 2 aromatic carbocycles. The highest BCUT2D eigenvalue weighted by Crippen LogP contribution is 2.36. The van der Waals surface area contributed by atoms with Gasteiger partial charge in [0.05, 0.1) is 12.2 Å². The lowest BCUT2D eigenvalue weighted by Gasteiger charge is -2.39. The van der Waals surface area contributed by atoms with E-state index in [2.05, 4.69) is 74.9 Å². The van der Waals surface area contributed by atoms with Crippen molar-refractivity contribution in [3.8, 4) is 11.5 Å². The second-order valence-corrected chi connectivity index (χ2v) is 9.29. The largest absolute Gasteiger partial charge is 0.444 e. The summed E-state index contributed by atoms with van der Waals surface area (Å²) in [4.78, 5) is 11.8. The van der Waals surface area contributed by atoms with Gasteiger partial charge in [0.2, 0.25) is 5.89 Å². The maximum atomic E-state index is 5.69. The van der Waals surface area contributed by atoms with Crippen molar-refractivity contribution in [2.45, 2.75) is 63.8 Å². The number of piperidine rings is 1. The molecule has 34 heavy (non-hydrogen) atoms. The van der Waals surface area contributed by atoms with E-state index in [1.165, 1.54) is 24.0 Å². The minimum Gasteiger partial charge on any atom is -0.444 e. The highest BCUT2D eigenvalue weighted by atomic mass is 127. The Labute approximate surface area is 219 Å². The molecule has 7 heteroatoms. The van der Waals surface area contributed by atoms with Crippen molar-refractivity contribution in [3.05, 3.63) is 77.7 Å². The fourth-order valence-electron chi connectivity index (χ4n) is 5.22. The monoisotopic (exact) mass is 571 g/mol. The van der Waals surface area contributed by atoms with Gasteiger partial charge in [-0.3, -0.25) is 9.89 Å². The number of benzene rings is 2. The molecule has 1 aromatic heterocycles. The predicted molar refractivity (Wildman–Crippen MR) is 147 cm³/mol. The standard InChI is InChI=1S/C27H33N5O.HI/c1-19-8-10-21(11-9-19)26-30-23(18-33-26)16-29-27(28-2)31-22-14-24-12-13-25(15-22)32(24)17-20-6-4-3-5-7-20;/h3-11,18,22,24-25H,12-17H2,1-2H3,(H2,28,29,31);1H. The molecule has 2 bridgehead atoms. The summed E-state index contributed by atoms with van der Waals surface area (Å²) in [6.45, 7) is 3.71. The molecule has 2 aliphatic rings. The number of guanidine groups is 1. The van der Waals surface area contributed by atoms with Crippen LogP contribution in [0.25, 0.3) is 11.5 Å². The first kappa shape index (κ1) is 24.7. The summed E-state index contributed by atoms with van der Waals surface area (Å²) in [7, 11) is 1.83. The van der Waals surface area contributed by atoms with Crippen molar-refractivity contribution in [2.75, 3.05) is 7.05 Å². The molecule has 5 rings (SSSR count). The maximum Gasteiger partial charge on any atom is 0.226 e. The lowest BCUT2D eigenvalue weighted by atomic mass is 9.96. The first-order valence-electron chi connectivity index (χ1n) is 12.0. The smallest absolute Gasteiger partial charge is 0.226 e. The van der Waals surface area contributed by atoms with Gasteiger partial charge in [0.1, 0.15) is 6.26 Å². The molecule has 0 radical (unpaired) electrons. The van der Waals surface area contributed by atoms with E-state index in [4.69, 9.17) is 4.42 Å². The molecule has 6 nitrogen and oxygen atoms in total. The van der Waals surface area contributed by atoms with Crippen LogP contribution in [0.15, 0.2) is 70.3 Å². The zero-order valence-electron chi connectivity index (χ0n) is 19.9. The summed E-state index contributed by atoms with van der Waals surface area (Å²) >= 11 is 0. The van der Waals surface area contributed by atoms with Gasteiger partial charge in [-0.25, -0.2) is 4.98 Å². The molecule has 3 heterocycles. The van der Waals surface area contributed by atoms with Gasteiger partial charge < -0.3 is 15.1 Å². The van der Waals surface area contributed by atoms with E-state index in [0.29, 0.717) is 30.6 Å². The first-order valence-corrected chi connectivity index (χ1v) is 12.0. The molecule has 2 N–H and O–H groups in total. The van der Waals surface area contributed by atoms with E-state index in [-0.39, 0.29) is 24.0 Å². The molecule has 2 unspecified atom stereocenters. The molecule has 0 amide bonds. The van der Waals surface area contributed by atoms with Gasteiger partial charge in [0.25, 0.3) is 0 Å². The Hall–Kier alpha value is -2.39. The van der Waals surface area contributed by atoms with Crippen LogP contribution in [-0.2, 0) is 13.1 Å². The molecule has 180 valence electrons. The Morgan fingerprint density at radius 3 is 2.44 bits per heavy atom. The normalized spacial score (nSPS) is 22.3. The van der Waals surface area contributed by atoms with Crippen molar-refractivity contribution in [1.29, 1.82) is 0 Å². The van der Waals surface area contributed by atoms with E-state index in [9.17, 15) is 0 Å². The number of nitrogens with one attached hydrogen (secondary N) is 2. The molecule has 2 aliphatic heterocycles. The zero-order valence-corrected chi connectivity index (χ0v) is 22.2. The molecule has 3 aromatic rings. The molecular weight excluding hydrogens is 537 g/mol. The number of rotatable bonds is 6. The Bertz CT molecular complexity index is 1070. The Morgan fingerprint density at radius 2 is 1.76 bits per heavy atom. The van der Waals surface area contributed by atoms with Crippen LogP contribution in [0.4, 0.5) is 0 Å². The highest BCUT2D eigenvalue weighted by molar-refractivity contribution is 14.0. The van der Waals surface area contributed by atoms with Gasteiger partial charge in [0, 0.05) is 37.3 Å². The maximum absolute atomic E-state index is 5.69. The third-order valence-electron chi connectivity index (χ3n) is 6.94. The second-order valence-electron chi connectivity index (χ2n) is 9.29. The van der Waals surface area contributed by atoms with Gasteiger partial charge in [-0.2, -0.15) is 0 Å². The van der Waals surface area contributed by atoms with E-state index in [1.807, 2.05) is 19.2 Å². The highest BCUT2D eigenvalue weighted by Gasteiger charge is 2.40. The van der Waals surface area contributed by atoms with Crippen LogP contribution in [0, 0.1) is 6.92 Å². The number of hydrogen-bond donors (Lipinski definition) is 2. The minimum atomic E-state index is 0. The summed E-state index contributed by atoms with van der Waals surface area (Å²) in [6, 6.07) is 20.8. The summed E-state index contributed by atoms with van der Waals surface area (Å²) in [6.07, 6.45) is 6.62. The number of oxazole rings is 1. The van der Waals surface area contributed by atoms with Crippen molar-refractivity contribution in [3.63, 3.8) is 0 Å². The summed E-state index contributed by atoms with van der Waals surface area (Å²) in [5.74, 6) is 1.48. The number of aryl methyl sites for hydroxylation is 1. The Kier molecular flexibility index (Phi) is 8.26. The minimum absolute atomic E-state index is 0. The zero-order chi connectivity index (χ0) is 22.6. The Morgan fingerprint density at radius 1 is 1.06 bits per heavy atom. The lowest BCUT2D eigenvalue weighted by molar-refractivity contribution is 0.114. The fraction of sp³-hybridized carbons (Fsp3) is 0.407. The molecule has 0 aliphatic carbocycles. The third kappa shape index (κ3) is 5.81.